The Hall–Kier alpha value is -3.74. The van der Waals surface area contributed by atoms with Gasteiger partial charge in [-0.25, -0.2) is 0 Å². The summed E-state index contributed by atoms with van der Waals surface area (Å²) in [5.41, 5.74) is 6.48. The fourth-order valence-electron chi connectivity index (χ4n) is 5.33. The lowest BCUT2D eigenvalue weighted by molar-refractivity contribution is -0.152. The molecule has 7 heteroatoms. The van der Waals surface area contributed by atoms with Crippen molar-refractivity contribution in [3.05, 3.63) is 60.2 Å². The zero-order chi connectivity index (χ0) is 27.4. The molecule has 0 saturated heterocycles. The standard InChI is InChI=1S/C31H38N2O5/c1-7-10-26-30-22(12-13-24-29(30)20(4)18-31(5,6)32-24)23-17-21(11-14-25(23)38-26)36-19-37-28(35)16-15-27(34)33(8-2)9-3/h7,11-14,17-18,26,32H,1,8-10,15-16,19H2,2-6H3. The maximum Gasteiger partial charge on any atom is 0.309 e. The number of fused-ring (bicyclic) bond motifs is 5. The highest BCUT2D eigenvalue weighted by Crippen LogP contribution is 2.50. The van der Waals surface area contributed by atoms with Gasteiger partial charge in [-0.1, -0.05) is 18.2 Å². The van der Waals surface area contributed by atoms with E-state index in [1.807, 2.05) is 32.1 Å². The highest BCUT2D eigenvalue weighted by Gasteiger charge is 2.33. The molecule has 0 spiro atoms. The van der Waals surface area contributed by atoms with Gasteiger partial charge in [0.05, 0.1) is 12.0 Å². The molecule has 1 amide bonds. The van der Waals surface area contributed by atoms with Crippen molar-refractivity contribution in [1.29, 1.82) is 0 Å². The number of nitrogens with zero attached hydrogens (tertiary/aromatic N) is 1. The quantitative estimate of drug-likeness (QED) is 0.220. The molecular weight excluding hydrogens is 480 g/mol. The Balaban J connectivity index is 1.51. The number of carbonyl (C=O) groups is 2. The highest BCUT2D eigenvalue weighted by atomic mass is 16.7. The molecular formula is C31H38N2O5. The number of anilines is 1. The van der Waals surface area contributed by atoms with E-state index in [1.165, 1.54) is 11.1 Å². The number of carbonyl (C=O) groups excluding carboxylic acids is 2. The monoisotopic (exact) mass is 518 g/mol. The molecule has 2 aliphatic rings. The lowest BCUT2D eigenvalue weighted by Crippen LogP contribution is -2.32. The van der Waals surface area contributed by atoms with Crippen molar-refractivity contribution in [2.75, 3.05) is 25.2 Å². The third-order valence-electron chi connectivity index (χ3n) is 6.99. The molecule has 2 aromatic rings. The van der Waals surface area contributed by atoms with E-state index < -0.39 is 5.97 Å². The molecule has 0 fully saturated rings. The van der Waals surface area contributed by atoms with Crippen LogP contribution < -0.4 is 14.8 Å². The van der Waals surface area contributed by atoms with Gasteiger partial charge in [0.1, 0.15) is 17.6 Å². The average molecular weight is 519 g/mol. The maximum atomic E-state index is 12.1. The molecule has 2 aliphatic heterocycles. The zero-order valence-electron chi connectivity index (χ0n) is 23.1. The second-order valence-electron chi connectivity index (χ2n) is 10.3. The zero-order valence-corrected chi connectivity index (χ0v) is 23.1. The van der Waals surface area contributed by atoms with Crippen molar-refractivity contribution in [3.63, 3.8) is 0 Å². The second-order valence-corrected chi connectivity index (χ2v) is 10.3. The van der Waals surface area contributed by atoms with Gasteiger partial charge in [0.15, 0.2) is 0 Å². The number of esters is 1. The minimum atomic E-state index is -0.464. The van der Waals surface area contributed by atoms with E-state index in [9.17, 15) is 9.59 Å². The predicted octanol–water partition coefficient (Wildman–Crippen LogP) is 6.50. The van der Waals surface area contributed by atoms with Crippen molar-refractivity contribution in [3.8, 4) is 22.6 Å². The Morgan fingerprint density at radius 2 is 1.89 bits per heavy atom. The molecule has 38 heavy (non-hydrogen) atoms. The van der Waals surface area contributed by atoms with Gasteiger partial charge in [-0.15, -0.1) is 6.58 Å². The van der Waals surface area contributed by atoms with Gasteiger partial charge in [-0.05, 0) is 70.0 Å². The van der Waals surface area contributed by atoms with Crippen LogP contribution in [-0.4, -0.2) is 42.2 Å². The summed E-state index contributed by atoms with van der Waals surface area (Å²) in [6.07, 6.45) is 4.83. The van der Waals surface area contributed by atoms with Gasteiger partial charge in [-0.3, -0.25) is 9.59 Å². The van der Waals surface area contributed by atoms with Gasteiger partial charge < -0.3 is 24.4 Å². The van der Waals surface area contributed by atoms with Gasteiger partial charge in [0, 0.05) is 48.3 Å². The predicted molar refractivity (Wildman–Crippen MR) is 150 cm³/mol. The second kappa shape index (κ2) is 11.3. The van der Waals surface area contributed by atoms with E-state index in [4.69, 9.17) is 14.2 Å². The van der Waals surface area contributed by atoms with Gasteiger partial charge >= 0.3 is 5.97 Å². The summed E-state index contributed by atoms with van der Waals surface area (Å²) in [7, 11) is 0. The summed E-state index contributed by atoms with van der Waals surface area (Å²) in [4.78, 5) is 25.9. The largest absolute Gasteiger partial charge is 0.485 e. The minimum Gasteiger partial charge on any atom is -0.485 e. The summed E-state index contributed by atoms with van der Waals surface area (Å²) >= 11 is 0. The number of nitrogens with one attached hydrogen (secondary N) is 1. The van der Waals surface area contributed by atoms with E-state index in [1.54, 1.807) is 11.0 Å². The molecule has 0 saturated carbocycles. The van der Waals surface area contributed by atoms with Crippen LogP contribution in [-0.2, 0) is 14.3 Å². The molecule has 2 aromatic carbocycles. The van der Waals surface area contributed by atoms with Crippen LogP contribution in [0.5, 0.6) is 11.5 Å². The Bertz CT molecular complexity index is 1260. The van der Waals surface area contributed by atoms with Crippen molar-refractivity contribution in [1.82, 2.24) is 4.90 Å². The average Bonchev–Trinajstić information content (AvgIpc) is 2.87. The van der Waals surface area contributed by atoms with Gasteiger partial charge in [0.25, 0.3) is 0 Å². The van der Waals surface area contributed by atoms with Crippen LogP contribution in [0.15, 0.2) is 49.1 Å². The highest BCUT2D eigenvalue weighted by molar-refractivity contribution is 5.90. The van der Waals surface area contributed by atoms with E-state index in [0.717, 1.165) is 28.1 Å². The molecule has 4 rings (SSSR count). The van der Waals surface area contributed by atoms with Crippen LogP contribution in [0.25, 0.3) is 16.7 Å². The summed E-state index contributed by atoms with van der Waals surface area (Å²) in [5.74, 6) is 0.821. The Morgan fingerprint density at radius 1 is 1.13 bits per heavy atom. The van der Waals surface area contributed by atoms with Crippen molar-refractivity contribution >= 4 is 23.1 Å². The van der Waals surface area contributed by atoms with E-state index in [0.29, 0.717) is 25.3 Å². The van der Waals surface area contributed by atoms with Gasteiger partial charge in [0.2, 0.25) is 12.7 Å². The van der Waals surface area contributed by atoms with Crippen molar-refractivity contribution < 1.29 is 23.8 Å². The van der Waals surface area contributed by atoms with Crippen LogP contribution in [0, 0.1) is 0 Å². The van der Waals surface area contributed by atoms with E-state index in [-0.39, 0.29) is 37.2 Å². The summed E-state index contributed by atoms with van der Waals surface area (Å²) < 4.78 is 17.4. The fourth-order valence-corrected chi connectivity index (χ4v) is 5.33. The van der Waals surface area contributed by atoms with Crippen LogP contribution in [0.1, 0.15) is 71.1 Å². The number of allylic oxidation sites excluding steroid dienone is 1. The number of benzene rings is 2. The van der Waals surface area contributed by atoms with Crippen molar-refractivity contribution in [2.45, 2.75) is 65.5 Å². The number of hydrogen-bond acceptors (Lipinski definition) is 6. The number of rotatable bonds is 10. The molecule has 2 heterocycles. The lowest BCUT2D eigenvalue weighted by Gasteiger charge is -2.37. The normalized spacial score (nSPS) is 16.4. The minimum absolute atomic E-state index is 0.0254. The lowest BCUT2D eigenvalue weighted by atomic mass is 9.81. The van der Waals surface area contributed by atoms with Crippen molar-refractivity contribution in [2.24, 2.45) is 0 Å². The first-order valence-corrected chi connectivity index (χ1v) is 13.3. The molecule has 1 N–H and O–H groups in total. The first-order valence-electron chi connectivity index (χ1n) is 13.3. The summed E-state index contributed by atoms with van der Waals surface area (Å²) in [5, 5.41) is 3.63. The first-order chi connectivity index (χ1) is 18.2. The molecule has 0 aliphatic carbocycles. The van der Waals surface area contributed by atoms with Crippen LogP contribution in [0.2, 0.25) is 0 Å². The first kappa shape index (κ1) is 27.3. The maximum absolute atomic E-state index is 12.1. The Labute approximate surface area is 225 Å². The third-order valence-corrected chi connectivity index (χ3v) is 6.99. The smallest absolute Gasteiger partial charge is 0.309 e. The van der Waals surface area contributed by atoms with Crippen LogP contribution in [0.3, 0.4) is 0 Å². The summed E-state index contributed by atoms with van der Waals surface area (Å²) in [6.45, 7) is 15.3. The number of amides is 1. The topological polar surface area (TPSA) is 77.1 Å². The summed E-state index contributed by atoms with van der Waals surface area (Å²) in [6, 6.07) is 9.87. The molecule has 0 bridgehead atoms. The van der Waals surface area contributed by atoms with Crippen LogP contribution >= 0.6 is 0 Å². The van der Waals surface area contributed by atoms with E-state index >= 15 is 0 Å². The van der Waals surface area contributed by atoms with E-state index in [2.05, 4.69) is 50.9 Å². The molecule has 0 radical (unpaired) electrons. The number of hydrogen-bond donors (Lipinski definition) is 1. The fraction of sp³-hybridized carbons (Fsp3) is 0.419. The Morgan fingerprint density at radius 3 is 2.61 bits per heavy atom. The SMILES string of the molecule is C=CCC1Oc2ccc(OCOC(=O)CCC(=O)N(CC)CC)cc2-c2ccc3c(c21)C(C)=CC(C)(C)N3. The van der Waals surface area contributed by atoms with Gasteiger partial charge in [-0.2, -0.15) is 0 Å². The molecule has 7 nitrogen and oxygen atoms in total. The molecule has 1 atom stereocenters. The number of ether oxygens (including phenoxy) is 3. The Kier molecular flexibility index (Phi) is 8.14. The third kappa shape index (κ3) is 5.72. The molecule has 202 valence electrons. The van der Waals surface area contributed by atoms with Crippen LogP contribution in [0.4, 0.5) is 5.69 Å². The molecule has 0 aromatic heterocycles. The molecule has 1 unspecified atom stereocenters.